The smallest absolute Gasteiger partial charge is 0.109 e. The van der Waals surface area contributed by atoms with Gasteiger partial charge in [-0.3, -0.25) is 4.98 Å². The zero-order chi connectivity index (χ0) is 12.1. The number of aromatic nitrogens is 3. The molecule has 0 spiro atoms. The summed E-state index contributed by atoms with van der Waals surface area (Å²) in [6.07, 6.45) is 8.44. The molecule has 0 aliphatic heterocycles. The molecule has 17 heavy (non-hydrogen) atoms. The summed E-state index contributed by atoms with van der Waals surface area (Å²) in [5.74, 6) is 1.11. The first kappa shape index (κ1) is 11.8. The third kappa shape index (κ3) is 3.14. The standard InChI is InChI=1S/C13H18N4/c1-11(12-4-3-6-14-10-12)15-7-5-13-16-8-9-17(13)2/h3-4,6,8-11,15H,5,7H2,1-2H3/t11-/m0/s1. The highest BCUT2D eigenvalue weighted by molar-refractivity contribution is 5.12. The molecule has 2 heterocycles. The Morgan fingerprint density at radius 1 is 1.41 bits per heavy atom. The van der Waals surface area contributed by atoms with Gasteiger partial charge in [-0.2, -0.15) is 0 Å². The average molecular weight is 230 g/mol. The molecule has 0 unspecified atom stereocenters. The van der Waals surface area contributed by atoms with E-state index in [1.165, 1.54) is 5.56 Å². The van der Waals surface area contributed by atoms with Crippen molar-refractivity contribution in [2.45, 2.75) is 19.4 Å². The predicted octanol–water partition coefficient (Wildman–Crippen LogP) is 1.71. The van der Waals surface area contributed by atoms with E-state index in [1.54, 1.807) is 6.20 Å². The second-order valence-electron chi connectivity index (χ2n) is 4.17. The van der Waals surface area contributed by atoms with Gasteiger partial charge in [0.1, 0.15) is 5.82 Å². The van der Waals surface area contributed by atoms with Gasteiger partial charge in [-0.1, -0.05) is 6.07 Å². The minimum Gasteiger partial charge on any atom is -0.338 e. The van der Waals surface area contributed by atoms with E-state index < -0.39 is 0 Å². The maximum absolute atomic E-state index is 4.30. The molecule has 2 aromatic heterocycles. The van der Waals surface area contributed by atoms with Crippen LogP contribution >= 0.6 is 0 Å². The fourth-order valence-electron chi connectivity index (χ4n) is 1.79. The van der Waals surface area contributed by atoms with Gasteiger partial charge in [0.2, 0.25) is 0 Å². The number of nitrogens with zero attached hydrogens (tertiary/aromatic N) is 3. The summed E-state index contributed by atoms with van der Waals surface area (Å²) >= 11 is 0. The molecule has 0 saturated carbocycles. The number of pyridine rings is 1. The Balaban J connectivity index is 1.81. The predicted molar refractivity (Wildman–Crippen MR) is 67.6 cm³/mol. The van der Waals surface area contributed by atoms with Crippen molar-refractivity contribution in [3.05, 3.63) is 48.3 Å². The molecule has 0 radical (unpaired) electrons. The third-order valence-electron chi connectivity index (χ3n) is 2.90. The molecule has 4 heteroatoms. The van der Waals surface area contributed by atoms with Gasteiger partial charge in [0.15, 0.2) is 0 Å². The number of imidazole rings is 1. The molecule has 0 amide bonds. The van der Waals surface area contributed by atoms with E-state index in [9.17, 15) is 0 Å². The van der Waals surface area contributed by atoms with Crippen molar-refractivity contribution < 1.29 is 0 Å². The van der Waals surface area contributed by atoms with Crippen LogP contribution in [0.4, 0.5) is 0 Å². The normalized spacial score (nSPS) is 12.6. The highest BCUT2D eigenvalue weighted by atomic mass is 15.0. The summed E-state index contributed by atoms with van der Waals surface area (Å²) in [7, 11) is 2.02. The van der Waals surface area contributed by atoms with Crippen molar-refractivity contribution in [1.29, 1.82) is 0 Å². The number of hydrogen-bond donors (Lipinski definition) is 1. The van der Waals surface area contributed by atoms with E-state index in [-0.39, 0.29) is 0 Å². The summed E-state index contributed by atoms with van der Waals surface area (Å²) in [5.41, 5.74) is 1.22. The van der Waals surface area contributed by atoms with Crippen LogP contribution in [0.15, 0.2) is 36.9 Å². The van der Waals surface area contributed by atoms with Crippen LogP contribution in [0.3, 0.4) is 0 Å². The second kappa shape index (κ2) is 5.59. The van der Waals surface area contributed by atoms with E-state index in [4.69, 9.17) is 0 Å². The third-order valence-corrected chi connectivity index (χ3v) is 2.90. The van der Waals surface area contributed by atoms with Crippen LogP contribution in [0.1, 0.15) is 24.4 Å². The molecular weight excluding hydrogens is 212 g/mol. The van der Waals surface area contributed by atoms with E-state index >= 15 is 0 Å². The monoisotopic (exact) mass is 230 g/mol. The summed E-state index contributed by atoms with van der Waals surface area (Å²) in [4.78, 5) is 8.42. The molecule has 0 aromatic carbocycles. The first-order chi connectivity index (χ1) is 8.27. The first-order valence-corrected chi connectivity index (χ1v) is 5.87. The number of rotatable bonds is 5. The Kier molecular flexibility index (Phi) is 3.88. The van der Waals surface area contributed by atoms with Crippen LogP contribution in [0, 0.1) is 0 Å². The van der Waals surface area contributed by atoms with Gasteiger partial charge < -0.3 is 9.88 Å². The topological polar surface area (TPSA) is 42.7 Å². The van der Waals surface area contributed by atoms with E-state index in [0.29, 0.717) is 6.04 Å². The Morgan fingerprint density at radius 3 is 2.94 bits per heavy atom. The second-order valence-corrected chi connectivity index (χ2v) is 4.17. The maximum Gasteiger partial charge on any atom is 0.109 e. The Morgan fingerprint density at radius 2 is 2.29 bits per heavy atom. The van der Waals surface area contributed by atoms with Crippen LogP contribution in [0.5, 0.6) is 0 Å². The van der Waals surface area contributed by atoms with Crippen molar-refractivity contribution in [2.75, 3.05) is 6.54 Å². The van der Waals surface area contributed by atoms with Gasteiger partial charge >= 0.3 is 0 Å². The lowest BCUT2D eigenvalue weighted by atomic mass is 10.1. The zero-order valence-corrected chi connectivity index (χ0v) is 10.3. The van der Waals surface area contributed by atoms with Crippen molar-refractivity contribution in [1.82, 2.24) is 19.9 Å². The molecule has 1 N–H and O–H groups in total. The van der Waals surface area contributed by atoms with Gasteiger partial charge in [0, 0.05) is 50.8 Å². The molecule has 90 valence electrons. The molecule has 0 saturated heterocycles. The SMILES string of the molecule is C[C@H](NCCc1nccn1C)c1cccnc1. The van der Waals surface area contributed by atoms with Crippen LogP contribution in [0.25, 0.3) is 0 Å². The summed E-state index contributed by atoms with van der Waals surface area (Å²) in [6.45, 7) is 3.07. The number of hydrogen-bond acceptors (Lipinski definition) is 3. The van der Waals surface area contributed by atoms with E-state index in [0.717, 1.165) is 18.8 Å². The fraction of sp³-hybridized carbons (Fsp3) is 0.385. The van der Waals surface area contributed by atoms with Crippen molar-refractivity contribution in [2.24, 2.45) is 7.05 Å². The number of aryl methyl sites for hydroxylation is 1. The van der Waals surface area contributed by atoms with Crippen LogP contribution in [0.2, 0.25) is 0 Å². The lowest BCUT2D eigenvalue weighted by Crippen LogP contribution is -2.22. The van der Waals surface area contributed by atoms with Crippen LogP contribution < -0.4 is 5.32 Å². The summed E-state index contributed by atoms with van der Waals surface area (Å²) < 4.78 is 2.05. The molecule has 0 fully saturated rings. The Hall–Kier alpha value is -1.68. The lowest BCUT2D eigenvalue weighted by Gasteiger charge is -2.13. The largest absolute Gasteiger partial charge is 0.338 e. The molecular formula is C13H18N4. The molecule has 2 aromatic rings. The van der Waals surface area contributed by atoms with Gasteiger partial charge in [-0.25, -0.2) is 4.98 Å². The van der Waals surface area contributed by atoms with Gasteiger partial charge in [-0.05, 0) is 18.6 Å². The van der Waals surface area contributed by atoms with Crippen molar-refractivity contribution >= 4 is 0 Å². The zero-order valence-electron chi connectivity index (χ0n) is 10.3. The molecule has 4 nitrogen and oxygen atoms in total. The van der Waals surface area contributed by atoms with Crippen LogP contribution in [-0.4, -0.2) is 21.1 Å². The first-order valence-electron chi connectivity index (χ1n) is 5.87. The Labute approximate surface area is 102 Å². The minimum atomic E-state index is 0.323. The minimum absolute atomic E-state index is 0.323. The molecule has 1 atom stereocenters. The molecule has 2 rings (SSSR count). The van der Waals surface area contributed by atoms with Crippen molar-refractivity contribution in [3.63, 3.8) is 0 Å². The van der Waals surface area contributed by atoms with Gasteiger partial charge in [0.05, 0.1) is 0 Å². The van der Waals surface area contributed by atoms with Gasteiger partial charge in [0.25, 0.3) is 0 Å². The summed E-state index contributed by atoms with van der Waals surface area (Å²) in [5, 5.41) is 3.47. The molecule has 0 bridgehead atoms. The van der Waals surface area contributed by atoms with E-state index in [1.807, 2.05) is 31.7 Å². The van der Waals surface area contributed by atoms with Crippen LogP contribution in [-0.2, 0) is 13.5 Å². The maximum atomic E-state index is 4.30. The van der Waals surface area contributed by atoms with E-state index in [2.05, 4.69) is 32.8 Å². The fourth-order valence-corrected chi connectivity index (χ4v) is 1.79. The van der Waals surface area contributed by atoms with Gasteiger partial charge in [-0.15, -0.1) is 0 Å². The Bertz CT molecular complexity index is 449. The quantitative estimate of drug-likeness (QED) is 0.850. The highest BCUT2D eigenvalue weighted by Crippen LogP contribution is 2.09. The van der Waals surface area contributed by atoms with Crippen molar-refractivity contribution in [3.8, 4) is 0 Å². The molecule has 0 aliphatic carbocycles. The highest BCUT2D eigenvalue weighted by Gasteiger charge is 2.05. The summed E-state index contributed by atoms with van der Waals surface area (Å²) in [6, 6.07) is 4.38. The average Bonchev–Trinajstić information content (AvgIpc) is 2.76. The number of nitrogens with one attached hydrogen (secondary N) is 1. The lowest BCUT2D eigenvalue weighted by molar-refractivity contribution is 0.563. The molecule has 0 aliphatic rings.